The van der Waals surface area contributed by atoms with Crippen molar-refractivity contribution in [3.05, 3.63) is 66.0 Å². The molecule has 0 aliphatic carbocycles. The van der Waals surface area contributed by atoms with E-state index in [2.05, 4.69) is 10.3 Å². The summed E-state index contributed by atoms with van der Waals surface area (Å²) in [6.07, 6.45) is 3.63. The van der Waals surface area contributed by atoms with Crippen LogP contribution in [0.5, 0.6) is 0 Å². The summed E-state index contributed by atoms with van der Waals surface area (Å²) < 4.78 is 0. The minimum atomic E-state index is -0.415. The Labute approximate surface area is 143 Å². The van der Waals surface area contributed by atoms with Gasteiger partial charge in [-0.15, -0.1) is 0 Å². The molecular weight excluding hydrogens is 302 g/mol. The molecule has 1 aromatic carbocycles. The highest BCUT2D eigenvalue weighted by molar-refractivity contribution is 5.73. The smallest absolute Gasteiger partial charge is 0.317 e. The molecule has 2 atom stereocenters. The molecule has 2 rings (SSSR count). The average Bonchev–Trinajstić information content (AvgIpc) is 2.59. The number of nitrogens with zero attached hydrogens (tertiary/aromatic N) is 2. The van der Waals surface area contributed by atoms with Crippen molar-refractivity contribution in [2.45, 2.75) is 31.9 Å². The van der Waals surface area contributed by atoms with Crippen LogP contribution in [0.15, 0.2) is 54.9 Å². The third-order valence-electron chi connectivity index (χ3n) is 3.91. The largest absolute Gasteiger partial charge is 0.393 e. The Kier molecular flexibility index (Phi) is 6.75. The van der Waals surface area contributed by atoms with E-state index in [0.29, 0.717) is 19.5 Å². The molecule has 5 nitrogen and oxygen atoms in total. The van der Waals surface area contributed by atoms with Gasteiger partial charge in [-0.1, -0.05) is 30.3 Å². The van der Waals surface area contributed by atoms with Gasteiger partial charge in [-0.3, -0.25) is 4.98 Å². The number of rotatable bonds is 7. The van der Waals surface area contributed by atoms with Crippen molar-refractivity contribution >= 4 is 6.03 Å². The first-order valence-electron chi connectivity index (χ1n) is 8.17. The van der Waals surface area contributed by atoms with E-state index in [1.807, 2.05) is 42.5 Å². The van der Waals surface area contributed by atoms with Crippen LogP contribution in [0.4, 0.5) is 4.79 Å². The lowest BCUT2D eigenvalue weighted by molar-refractivity contribution is 0.171. The summed E-state index contributed by atoms with van der Waals surface area (Å²) in [6.45, 7) is 2.79. The second-order valence-corrected chi connectivity index (χ2v) is 6.09. The van der Waals surface area contributed by atoms with Crippen molar-refractivity contribution in [1.29, 1.82) is 0 Å². The zero-order valence-corrected chi connectivity index (χ0v) is 14.2. The van der Waals surface area contributed by atoms with E-state index in [0.717, 1.165) is 11.1 Å². The number of urea groups is 1. The van der Waals surface area contributed by atoms with Crippen molar-refractivity contribution in [3.8, 4) is 0 Å². The number of aliphatic hydroxyl groups excluding tert-OH is 1. The predicted octanol–water partition coefficient (Wildman–Crippen LogP) is 2.78. The minimum absolute atomic E-state index is 0.0875. The van der Waals surface area contributed by atoms with Gasteiger partial charge in [0.25, 0.3) is 0 Å². The Morgan fingerprint density at radius 1 is 1.21 bits per heavy atom. The van der Waals surface area contributed by atoms with E-state index in [9.17, 15) is 9.90 Å². The Bertz CT molecular complexity index is 617. The molecule has 0 radical (unpaired) electrons. The summed E-state index contributed by atoms with van der Waals surface area (Å²) in [5.41, 5.74) is 2.15. The Morgan fingerprint density at radius 2 is 1.88 bits per heavy atom. The molecule has 128 valence electrons. The van der Waals surface area contributed by atoms with Crippen LogP contribution in [0.1, 0.15) is 30.4 Å². The van der Waals surface area contributed by atoms with Gasteiger partial charge < -0.3 is 15.3 Å². The Morgan fingerprint density at radius 3 is 2.50 bits per heavy atom. The minimum Gasteiger partial charge on any atom is -0.393 e. The maximum atomic E-state index is 12.3. The zero-order valence-electron chi connectivity index (χ0n) is 14.2. The highest BCUT2D eigenvalue weighted by Gasteiger charge is 2.16. The second-order valence-electron chi connectivity index (χ2n) is 6.09. The topological polar surface area (TPSA) is 65.5 Å². The monoisotopic (exact) mass is 327 g/mol. The highest BCUT2D eigenvalue weighted by atomic mass is 16.3. The van der Waals surface area contributed by atoms with Crippen molar-refractivity contribution in [1.82, 2.24) is 15.2 Å². The van der Waals surface area contributed by atoms with Gasteiger partial charge in [-0.2, -0.15) is 0 Å². The second kappa shape index (κ2) is 9.03. The highest BCUT2D eigenvalue weighted by Crippen LogP contribution is 2.20. The van der Waals surface area contributed by atoms with Gasteiger partial charge in [0.05, 0.1) is 6.10 Å². The molecule has 0 aliphatic rings. The molecule has 0 fully saturated rings. The predicted molar refractivity (Wildman–Crippen MR) is 94.6 cm³/mol. The van der Waals surface area contributed by atoms with Crippen LogP contribution in [-0.4, -0.2) is 40.7 Å². The molecule has 2 aromatic rings. The summed E-state index contributed by atoms with van der Waals surface area (Å²) in [4.78, 5) is 17.9. The molecule has 0 spiro atoms. The number of carbonyl (C=O) groups excluding carboxylic acids is 1. The van der Waals surface area contributed by atoms with Gasteiger partial charge >= 0.3 is 6.03 Å². The Balaban J connectivity index is 1.91. The van der Waals surface area contributed by atoms with E-state index in [-0.39, 0.29) is 11.9 Å². The van der Waals surface area contributed by atoms with Crippen molar-refractivity contribution in [3.63, 3.8) is 0 Å². The quantitative estimate of drug-likeness (QED) is 0.822. The third kappa shape index (κ3) is 5.66. The molecule has 1 heterocycles. The van der Waals surface area contributed by atoms with E-state index in [4.69, 9.17) is 0 Å². The van der Waals surface area contributed by atoms with Crippen molar-refractivity contribution in [2.24, 2.45) is 0 Å². The molecule has 1 aromatic heterocycles. The van der Waals surface area contributed by atoms with Crippen molar-refractivity contribution in [2.75, 3.05) is 13.6 Å². The van der Waals surface area contributed by atoms with Crippen LogP contribution in [0.25, 0.3) is 0 Å². The van der Waals surface area contributed by atoms with Crippen LogP contribution in [0, 0.1) is 0 Å². The molecule has 2 unspecified atom stereocenters. The fraction of sp³-hybridized carbons (Fsp3) is 0.368. The first kappa shape index (κ1) is 17.9. The molecule has 0 aliphatic heterocycles. The zero-order chi connectivity index (χ0) is 17.4. The number of hydrogen-bond donors (Lipinski definition) is 2. The summed E-state index contributed by atoms with van der Waals surface area (Å²) in [5.74, 6) is 0.0875. The number of amides is 2. The number of pyridine rings is 1. The molecule has 5 heteroatoms. The molecular formula is C19H25N3O2. The summed E-state index contributed by atoms with van der Waals surface area (Å²) in [7, 11) is 1.77. The number of carbonyl (C=O) groups is 1. The van der Waals surface area contributed by atoms with Crippen LogP contribution in [0.2, 0.25) is 0 Å². The Hall–Kier alpha value is -2.40. The lowest BCUT2D eigenvalue weighted by Gasteiger charge is -2.23. The standard InChI is InChI=1S/C19H25N3O2/c1-15(23)12-18(17-6-4-3-5-7-17)13-21-19(24)22(2)14-16-8-10-20-11-9-16/h3-11,15,18,23H,12-14H2,1-2H3,(H,21,24). The number of aromatic nitrogens is 1. The summed E-state index contributed by atoms with van der Waals surface area (Å²) >= 11 is 0. The summed E-state index contributed by atoms with van der Waals surface area (Å²) in [5, 5.41) is 12.7. The summed E-state index contributed by atoms with van der Waals surface area (Å²) in [6, 6.07) is 13.6. The maximum absolute atomic E-state index is 12.3. The maximum Gasteiger partial charge on any atom is 0.317 e. The normalized spacial score (nSPS) is 13.1. The molecule has 0 bridgehead atoms. The van der Waals surface area contributed by atoms with Crippen LogP contribution in [-0.2, 0) is 6.54 Å². The van der Waals surface area contributed by atoms with E-state index in [1.54, 1.807) is 31.3 Å². The van der Waals surface area contributed by atoms with Gasteiger partial charge in [0.15, 0.2) is 0 Å². The third-order valence-corrected chi connectivity index (χ3v) is 3.91. The van der Waals surface area contributed by atoms with Gasteiger partial charge in [0, 0.05) is 38.4 Å². The van der Waals surface area contributed by atoms with Gasteiger partial charge in [-0.05, 0) is 36.6 Å². The number of nitrogens with one attached hydrogen (secondary N) is 1. The average molecular weight is 327 g/mol. The number of hydrogen-bond acceptors (Lipinski definition) is 3. The lowest BCUT2D eigenvalue weighted by atomic mass is 9.93. The van der Waals surface area contributed by atoms with Gasteiger partial charge in [-0.25, -0.2) is 4.79 Å². The van der Waals surface area contributed by atoms with E-state index in [1.165, 1.54) is 0 Å². The lowest BCUT2D eigenvalue weighted by Crippen LogP contribution is -2.39. The SMILES string of the molecule is CC(O)CC(CNC(=O)N(C)Cc1ccncc1)c1ccccc1. The first-order chi connectivity index (χ1) is 11.6. The number of aliphatic hydroxyl groups is 1. The molecule has 0 saturated heterocycles. The fourth-order valence-corrected chi connectivity index (χ4v) is 2.65. The number of benzene rings is 1. The van der Waals surface area contributed by atoms with Crippen LogP contribution >= 0.6 is 0 Å². The van der Waals surface area contributed by atoms with Gasteiger partial charge in [0.1, 0.15) is 0 Å². The molecule has 0 saturated carbocycles. The first-order valence-corrected chi connectivity index (χ1v) is 8.17. The fourth-order valence-electron chi connectivity index (χ4n) is 2.65. The molecule has 24 heavy (non-hydrogen) atoms. The van der Waals surface area contributed by atoms with Crippen LogP contribution in [0.3, 0.4) is 0 Å². The van der Waals surface area contributed by atoms with Crippen molar-refractivity contribution < 1.29 is 9.90 Å². The van der Waals surface area contributed by atoms with Gasteiger partial charge in [0.2, 0.25) is 0 Å². The molecule has 2 amide bonds. The molecule has 2 N–H and O–H groups in total. The van der Waals surface area contributed by atoms with Crippen LogP contribution < -0.4 is 5.32 Å². The van der Waals surface area contributed by atoms with E-state index >= 15 is 0 Å². The van der Waals surface area contributed by atoms with E-state index < -0.39 is 6.10 Å².